The summed E-state index contributed by atoms with van der Waals surface area (Å²) in [5.74, 6) is -0.715. The number of nitrogens with zero attached hydrogens (tertiary/aromatic N) is 3. The lowest BCUT2D eigenvalue weighted by atomic mass is 10.3. The van der Waals surface area contributed by atoms with E-state index in [1.807, 2.05) is 16.8 Å². The summed E-state index contributed by atoms with van der Waals surface area (Å²) in [6, 6.07) is 5.38. The zero-order valence-electron chi connectivity index (χ0n) is 13.2. The van der Waals surface area contributed by atoms with Crippen molar-refractivity contribution < 1.29 is 17.5 Å². The van der Waals surface area contributed by atoms with Crippen LogP contribution in [0.3, 0.4) is 0 Å². The monoisotopic (exact) mass is 382 g/mol. The van der Waals surface area contributed by atoms with Crippen molar-refractivity contribution in [2.24, 2.45) is 0 Å². The number of thiophene rings is 1. The zero-order valence-corrected chi connectivity index (χ0v) is 14.8. The second-order valence-electron chi connectivity index (χ2n) is 4.99. The van der Waals surface area contributed by atoms with E-state index in [-0.39, 0.29) is 17.2 Å². The van der Waals surface area contributed by atoms with Crippen LogP contribution < -0.4 is 9.46 Å². The smallest absolute Gasteiger partial charge is 0.241 e. The van der Waals surface area contributed by atoms with E-state index in [2.05, 4.69) is 15.0 Å². The predicted octanol–water partition coefficient (Wildman–Crippen LogP) is 2.35. The van der Waals surface area contributed by atoms with E-state index in [9.17, 15) is 12.8 Å². The fourth-order valence-corrected chi connectivity index (χ4v) is 3.70. The summed E-state index contributed by atoms with van der Waals surface area (Å²) in [7, 11) is -3.88. The van der Waals surface area contributed by atoms with Gasteiger partial charge in [0.15, 0.2) is 11.6 Å². The standard InChI is InChI=1S/C15H15FN4O3S2/c1-2-23-15-4-3-13(7-14(15)16)25(21,22)17-8-11-9-20(19-18-11)12-5-6-24-10-12/h3-7,9-10,17H,2,8H2,1H3. The minimum Gasteiger partial charge on any atom is -0.491 e. The molecule has 25 heavy (non-hydrogen) atoms. The molecule has 0 aliphatic carbocycles. The Bertz CT molecular complexity index is 955. The maximum atomic E-state index is 13.8. The quantitative estimate of drug-likeness (QED) is 0.678. The second kappa shape index (κ2) is 7.30. The van der Waals surface area contributed by atoms with Crippen LogP contribution in [-0.2, 0) is 16.6 Å². The molecular weight excluding hydrogens is 367 g/mol. The molecule has 7 nitrogen and oxygen atoms in total. The number of nitrogens with one attached hydrogen (secondary N) is 1. The molecule has 0 bridgehead atoms. The molecule has 3 rings (SSSR count). The van der Waals surface area contributed by atoms with Gasteiger partial charge in [0.1, 0.15) is 0 Å². The largest absolute Gasteiger partial charge is 0.491 e. The molecule has 0 fully saturated rings. The van der Waals surface area contributed by atoms with E-state index in [0.717, 1.165) is 11.8 Å². The number of ether oxygens (including phenoxy) is 1. The number of aromatic nitrogens is 3. The van der Waals surface area contributed by atoms with Gasteiger partial charge in [-0.2, -0.15) is 11.3 Å². The van der Waals surface area contributed by atoms with Gasteiger partial charge in [0.2, 0.25) is 10.0 Å². The van der Waals surface area contributed by atoms with E-state index in [1.54, 1.807) is 17.8 Å². The molecule has 0 spiro atoms. The fraction of sp³-hybridized carbons (Fsp3) is 0.200. The van der Waals surface area contributed by atoms with Gasteiger partial charge in [0.25, 0.3) is 0 Å². The van der Waals surface area contributed by atoms with Crippen molar-refractivity contribution in [1.82, 2.24) is 19.7 Å². The second-order valence-corrected chi connectivity index (χ2v) is 7.53. The van der Waals surface area contributed by atoms with Crippen molar-refractivity contribution in [1.29, 1.82) is 0 Å². The maximum absolute atomic E-state index is 13.8. The maximum Gasteiger partial charge on any atom is 0.241 e. The van der Waals surface area contributed by atoms with E-state index < -0.39 is 15.8 Å². The van der Waals surface area contributed by atoms with E-state index in [4.69, 9.17) is 4.74 Å². The topological polar surface area (TPSA) is 86.1 Å². The number of sulfonamides is 1. The molecule has 132 valence electrons. The minimum absolute atomic E-state index is 0.0140. The predicted molar refractivity (Wildman–Crippen MR) is 90.8 cm³/mol. The normalized spacial score (nSPS) is 11.6. The Balaban J connectivity index is 1.71. The Labute approximate surface area is 148 Å². The summed E-state index contributed by atoms with van der Waals surface area (Å²) in [5, 5.41) is 11.7. The highest BCUT2D eigenvalue weighted by molar-refractivity contribution is 7.89. The van der Waals surface area contributed by atoms with Crippen molar-refractivity contribution in [3.63, 3.8) is 0 Å². The van der Waals surface area contributed by atoms with Gasteiger partial charge in [0.05, 0.1) is 35.6 Å². The molecule has 2 heterocycles. The van der Waals surface area contributed by atoms with E-state index in [0.29, 0.717) is 12.3 Å². The summed E-state index contributed by atoms with van der Waals surface area (Å²) in [6.07, 6.45) is 1.63. The lowest BCUT2D eigenvalue weighted by Gasteiger charge is -2.08. The Morgan fingerprint density at radius 3 is 2.88 bits per heavy atom. The number of halogens is 1. The first-order valence-electron chi connectivity index (χ1n) is 7.35. The van der Waals surface area contributed by atoms with Crippen molar-refractivity contribution >= 4 is 21.4 Å². The third-order valence-corrected chi connectivity index (χ3v) is 5.34. The van der Waals surface area contributed by atoms with Gasteiger partial charge in [-0.25, -0.2) is 22.2 Å². The van der Waals surface area contributed by atoms with Gasteiger partial charge in [0, 0.05) is 5.38 Å². The molecule has 0 unspecified atom stereocenters. The fourth-order valence-electron chi connectivity index (χ4n) is 2.07. The van der Waals surface area contributed by atoms with Crippen LogP contribution in [0.4, 0.5) is 4.39 Å². The van der Waals surface area contributed by atoms with Gasteiger partial charge in [-0.05, 0) is 36.6 Å². The Kier molecular flexibility index (Phi) is 5.11. The molecule has 0 amide bonds. The van der Waals surface area contributed by atoms with Crippen molar-refractivity contribution in [2.75, 3.05) is 6.61 Å². The molecule has 0 aliphatic heterocycles. The van der Waals surface area contributed by atoms with Crippen LogP contribution in [-0.4, -0.2) is 30.0 Å². The molecule has 10 heteroatoms. The number of rotatable bonds is 7. The summed E-state index contributed by atoms with van der Waals surface area (Å²) in [5.41, 5.74) is 1.29. The number of hydrogen-bond acceptors (Lipinski definition) is 6. The molecular formula is C15H15FN4O3S2. The SMILES string of the molecule is CCOc1ccc(S(=O)(=O)NCc2cn(-c3ccsc3)nn2)cc1F. The van der Waals surface area contributed by atoms with Crippen LogP contribution in [0.1, 0.15) is 12.6 Å². The zero-order chi connectivity index (χ0) is 17.9. The molecule has 2 aromatic heterocycles. The van der Waals surface area contributed by atoms with E-state index in [1.165, 1.54) is 23.5 Å². The van der Waals surface area contributed by atoms with Crippen molar-refractivity contribution in [3.8, 4) is 11.4 Å². The van der Waals surface area contributed by atoms with Crippen molar-refractivity contribution in [2.45, 2.75) is 18.4 Å². The molecule has 3 aromatic rings. The minimum atomic E-state index is -3.88. The summed E-state index contributed by atoms with van der Waals surface area (Å²) < 4.78 is 47.4. The van der Waals surface area contributed by atoms with Crippen molar-refractivity contribution in [3.05, 3.63) is 52.7 Å². The molecule has 1 aromatic carbocycles. The van der Waals surface area contributed by atoms with Gasteiger partial charge in [-0.1, -0.05) is 5.21 Å². The first-order valence-corrected chi connectivity index (χ1v) is 9.78. The lowest BCUT2D eigenvalue weighted by Crippen LogP contribution is -2.23. The highest BCUT2D eigenvalue weighted by Gasteiger charge is 2.17. The first kappa shape index (κ1) is 17.5. The third-order valence-electron chi connectivity index (χ3n) is 3.27. The summed E-state index contributed by atoms with van der Waals surface area (Å²) >= 11 is 1.52. The molecule has 1 N–H and O–H groups in total. The Hall–Kier alpha value is -2.30. The molecule has 0 saturated heterocycles. The Morgan fingerprint density at radius 1 is 1.36 bits per heavy atom. The summed E-state index contributed by atoms with van der Waals surface area (Å²) in [4.78, 5) is -0.182. The van der Waals surface area contributed by atoms with E-state index >= 15 is 0 Å². The van der Waals surface area contributed by atoms with Crippen LogP contribution in [0.25, 0.3) is 5.69 Å². The molecule has 0 atom stereocenters. The van der Waals surface area contributed by atoms with Gasteiger partial charge < -0.3 is 4.74 Å². The van der Waals surface area contributed by atoms with Crippen LogP contribution in [0.5, 0.6) is 5.75 Å². The Morgan fingerprint density at radius 2 is 2.20 bits per heavy atom. The lowest BCUT2D eigenvalue weighted by molar-refractivity contribution is 0.321. The summed E-state index contributed by atoms with van der Waals surface area (Å²) in [6.45, 7) is 1.96. The highest BCUT2D eigenvalue weighted by Crippen LogP contribution is 2.21. The molecule has 0 aliphatic rings. The highest BCUT2D eigenvalue weighted by atomic mass is 32.2. The third kappa shape index (κ3) is 4.03. The average molecular weight is 382 g/mol. The van der Waals surface area contributed by atoms with Crippen LogP contribution >= 0.6 is 11.3 Å². The first-order chi connectivity index (χ1) is 12.0. The number of benzene rings is 1. The van der Waals surface area contributed by atoms with Crippen LogP contribution in [0, 0.1) is 5.82 Å². The number of hydrogen-bond donors (Lipinski definition) is 1. The average Bonchev–Trinajstić information content (AvgIpc) is 3.26. The van der Waals surface area contributed by atoms with Crippen LogP contribution in [0.15, 0.2) is 46.1 Å². The van der Waals surface area contributed by atoms with Crippen LogP contribution in [0.2, 0.25) is 0 Å². The molecule has 0 radical (unpaired) electrons. The molecule has 0 saturated carbocycles. The van der Waals surface area contributed by atoms with Gasteiger partial charge >= 0.3 is 0 Å². The van der Waals surface area contributed by atoms with Gasteiger partial charge in [-0.15, -0.1) is 5.10 Å². The van der Waals surface area contributed by atoms with Gasteiger partial charge in [-0.3, -0.25) is 0 Å².